The van der Waals surface area contributed by atoms with Crippen molar-refractivity contribution in [3.05, 3.63) is 71.0 Å². The third-order valence-electron chi connectivity index (χ3n) is 3.15. The lowest BCUT2D eigenvalue weighted by atomic mass is 10.0. The van der Waals surface area contributed by atoms with Crippen molar-refractivity contribution in [3.8, 4) is 22.4 Å². The lowest BCUT2D eigenvalue weighted by molar-refractivity contribution is 0.165. The number of benzene rings is 1. The molecular formula is C16H13NO2. The molecule has 1 aromatic rings. The SMILES string of the molecule is COn1c2cccccc-2c(-c2ccccc2)c1=O. The molecule has 0 spiro atoms. The summed E-state index contributed by atoms with van der Waals surface area (Å²) in [6.07, 6.45) is 0. The molecule has 0 amide bonds. The monoisotopic (exact) mass is 251 g/mol. The average Bonchev–Trinajstić information content (AvgIpc) is 2.58. The molecule has 3 rings (SSSR count). The zero-order chi connectivity index (χ0) is 13.2. The van der Waals surface area contributed by atoms with Gasteiger partial charge in [-0.05, 0) is 11.6 Å². The molecule has 1 heterocycles. The van der Waals surface area contributed by atoms with E-state index in [1.807, 2.05) is 60.7 Å². The first kappa shape index (κ1) is 11.5. The number of hydrogen-bond acceptors (Lipinski definition) is 2. The first-order chi connectivity index (χ1) is 9.33. The molecule has 94 valence electrons. The van der Waals surface area contributed by atoms with Crippen LogP contribution in [-0.4, -0.2) is 11.8 Å². The van der Waals surface area contributed by atoms with Crippen LogP contribution in [0.3, 0.4) is 0 Å². The molecule has 0 radical (unpaired) electrons. The predicted molar refractivity (Wildman–Crippen MR) is 75.3 cm³/mol. The van der Waals surface area contributed by atoms with Crippen LogP contribution in [0.2, 0.25) is 0 Å². The van der Waals surface area contributed by atoms with Gasteiger partial charge in [0.05, 0.1) is 11.3 Å². The quantitative estimate of drug-likeness (QED) is 0.701. The van der Waals surface area contributed by atoms with Gasteiger partial charge in [0.25, 0.3) is 5.56 Å². The minimum Gasteiger partial charge on any atom is -0.413 e. The number of nitrogens with zero attached hydrogens (tertiary/aromatic N) is 1. The first-order valence-corrected chi connectivity index (χ1v) is 6.06. The standard InChI is InChI=1S/C16H13NO2/c1-19-17-14-11-7-3-6-10-13(14)15(16(17)18)12-8-4-2-5-9-12/h2-11H,1H3. The van der Waals surface area contributed by atoms with E-state index in [0.717, 1.165) is 16.8 Å². The Morgan fingerprint density at radius 2 is 1.53 bits per heavy atom. The molecule has 2 aliphatic rings. The van der Waals surface area contributed by atoms with Crippen LogP contribution >= 0.6 is 0 Å². The molecule has 0 unspecified atom stereocenters. The highest BCUT2D eigenvalue weighted by molar-refractivity contribution is 5.83. The third kappa shape index (κ3) is 1.80. The van der Waals surface area contributed by atoms with Crippen LogP contribution in [0.25, 0.3) is 22.4 Å². The fourth-order valence-electron chi connectivity index (χ4n) is 2.32. The second-order valence-electron chi connectivity index (χ2n) is 4.23. The summed E-state index contributed by atoms with van der Waals surface area (Å²) < 4.78 is 1.33. The van der Waals surface area contributed by atoms with Crippen molar-refractivity contribution >= 4 is 0 Å². The fourth-order valence-corrected chi connectivity index (χ4v) is 2.32. The van der Waals surface area contributed by atoms with E-state index in [-0.39, 0.29) is 5.56 Å². The molecule has 1 aliphatic heterocycles. The van der Waals surface area contributed by atoms with Crippen LogP contribution < -0.4 is 10.4 Å². The highest BCUT2D eigenvalue weighted by Gasteiger charge is 2.20. The zero-order valence-electron chi connectivity index (χ0n) is 10.5. The summed E-state index contributed by atoms with van der Waals surface area (Å²) >= 11 is 0. The van der Waals surface area contributed by atoms with E-state index in [0.29, 0.717) is 5.56 Å². The van der Waals surface area contributed by atoms with E-state index >= 15 is 0 Å². The van der Waals surface area contributed by atoms with Crippen molar-refractivity contribution in [1.29, 1.82) is 0 Å². The maximum atomic E-state index is 12.5. The molecule has 0 aromatic heterocycles. The van der Waals surface area contributed by atoms with Gasteiger partial charge in [0.1, 0.15) is 7.11 Å². The Morgan fingerprint density at radius 3 is 2.21 bits per heavy atom. The maximum Gasteiger partial charge on any atom is 0.292 e. The van der Waals surface area contributed by atoms with Gasteiger partial charge >= 0.3 is 0 Å². The Kier molecular flexibility index (Phi) is 2.80. The van der Waals surface area contributed by atoms with Crippen molar-refractivity contribution < 1.29 is 4.84 Å². The summed E-state index contributed by atoms with van der Waals surface area (Å²) in [6, 6.07) is 19.2. The van der Waals surface area contributed by atoms with Gasteiger partial charge in [0.15, 0.2) is 0 Å². The van der Waals surface area contributed by atoms with E-state index in [2.05, 4.69) is 0 Å². The molecule has 1 aromatic carbocycles. The third-order valence-corrected chi connectivity index (χ3v) is 3.15. The lowest BCUT2D eigenvalue weighted by Gasteiger charge is -2.01. The number of hydrogen-bond donors (Lipinski definition) is 0. The summed E-state index contributed by atoms with van der Waals surface area (Å²) in [4.78, 5) is 17.7. The van der Waals surface area contributed by atoms with Gasteiger partial charge in [-0.2, -0.15) is 0 Å². The van der Waals surface area contributed by atoms with Crippen LogP contribution in [0.15, 0.2) is 65.5 Å². The molecule has 3 heteroatoms. The second-order valence-corrected chi connectivity index (χ2v) is 4.23. The summed E-state index contributed by atoms with van der Waals surface area (Å²) in [5, 5.41) is 0. The lowest BCUT2D eigenvalue weighted by Crippen LogP contribution is -2.21. The Labute approximate surface area is 111 Å². The normalized spacial score (nSPS) is 10.6. The molecule has 0 bridgehead atoms. The molecule has 19 heavy (non-hydrogen) atoms. The van der Waals surface area contributed by atoms with Gasteiger partial charge in [-0.25, -0.2) is 0 Å². The average molecular weight is 251 g/mol. The maximum absolute atomic E-state index is 12.5. The predicted octanol–water partition coefficient (Wildman–Crippen LogP) is 2.68. The highest BCUT2D eigenvalue weighted by Crippen LogP contribution is 2.30. The van der Waals surface area contributed by atoms with Gasteiger partial charge in [0, 0.05) is 5.56 Å². The van der Waals surface area contributed by atoms with Gasteiger partial charge in [-0.1, -0.05) is 54.6 Å². The molecule has 0 N–H and O–H groups in total. The zero-order valence-corrected chi connectivity index (χ0v) is 10.5. The van der Waals surface area contributed by atoms with Crippen LogP contribution in [0.4, 0.5) is 0 Å². The van der Waals surface area contributed by atoms with Crippen molar-refractivity contribution in [1.82, 2.24) is 4.73 Å². The molecule has 0 saturated heterocycles. The Bertz CT molecular complexity index is 731. The van der Waals surface area contributed by atoms with Gasteiger partial charge in [-0.15, -0.1) is 4.73 Å². The fraction of sp³-hybridized carbons (Fsp3) is 0.0625. The topological polar surface area (TPSA) is 31.2 Å². The van der Waals surface area contributed by atoms with Crippen molar-refractivity contribution in [2.75, 3.05) is 7.11 Å². The van der Waals surface area contributed by atoms with Crippen molar-refractivity contribution in [3.63, 3.8) is 0 Å². The van der Waals surface area contributed by atoms with Crippen LogP contribution in [0, 0.1) is 0 Å². The molecule has 0 atom stereocenters. The molecule has 3 nitrogen and oxygen atoms in total. The number of fused-ring (bicyclic) bond motifs is 1. The van der Waals surface area contributed by atoms with Crippen molar-refractivity contribution in [2.45, 2.75) is 0 Å². The van der Waals surface area contributed by atoms with Crippen LogP contribution in [-0.2, 0) is 0 Å². The smallest absolute Gasteiger partial charge is 0.292 e. The minimum absolute atomic E-state index is 0.130. The molecular weight excluding hydrogens is 238 g/mol. The Balaban J connectivity index is 2.39. The number of aromatic nitrogens is 1. The van der Waals surface area contributed by atoms with E-state index < -0.39 is 0 Å². The van der Waals surface area contributed by atoms with E-state index in [4.69, 9.17) is 4.84 Å². The molecule has 1 aliphatic carbocycles. The van der Waals surface area contributed by atoms with Crippen molar-refractivity contribution in [2.24, 2.45) is 0 Å². The van der Waals surface area contributed by atoms with Gasteiger partial charge in [-0.3, -0.25) is 4.79 Å². The Morgan fingerprint density at radius 1 is 0.895 bits per heavy atom. The largest absolute Gasteiger partial charge is 0.413 e. The summed E-state index contributed by atoms with van der Waals surface area (Å²) in [7, 11) is 1.50. The van der Waals surface area contributed by atoms with E-state index in [1.54, 1.807) is 0 Å². The van der Waals surface area contributed by atoms with E-state index in [1.165, 1.54) is 11.8 Å². The Hall–Kier alpha value is -2.55. The van der Waals surface area contributed by atoms with Gasteiger partial charge < -0.3 is 4.84 Å². The van der Waals surface area contributed by atoms with Crippen LogP contribution in [0.5, 0.6) is 0 Å². The number of rotatable bonds is 2. The van der Waals surface area contributed by atoms with Gasteiger partial charge in [0.2, 0.25) is 0 Å². The minimum atomic E-state index is -0.130. The van der Waals surface area contributed by atoms with E-state index in [9.17, 15) is 4.79 Å². The molecule has 0 saturated carbocycles. The second kappa shape index (κ2) is 4.61. The summed E-state index contributed by atoms with van der Waals surface area (Å²) in [5.41, 5.74) is 3.11. The first-order valence-electron chi connectivity index (χ1n) is 6.06. The molecule has 0 fully saturated rings. The van der Waals surface area contributed by atoms with Crippen LogP contribution in [0.1, 0.15) is 0 Å². The highest BCUT2D eigenvalue weighted by atomic mass is 16.6. The summed E-state index contributed by atoms with van der Waals surface area (Å²) in [5.74, 6) is 0. The summed E-state index contributed by atoms with van der Waals surface area (Å²) in [6.45, 7) is 0.